The summed E-state index contributed by atoms with van der Waals surface area (Å²) < 4.78 is 5.56. The molecule has 0 aliphatic rings. The van der Waals surface area contributed by atoms with Gasteiger partial charge in [0.1, 0.15) is 24.2 Å². The summed E-state index contributed by atoms with van der Waals surface area (Å²) in [4.78, 5) is 0. The van der Waals surface area contributed by atoms with Gasteiger partial charge >= 0.3 is 0 Å². The number of aryl methyl sites for hydroxylation is 1. The molecule has 0 saturated heterocycles. The number of hydrogen-bond donors (Lipinski definition) is 2. The van der Waals surface area contributed by atoms with E-state index in [4.69, 9.17) is 4.74 Å². The highest BCUT2D eigenvalue weighted by Gasteiger charge is 2.09. The highest BCUT2D eigenvalue weighted by molar-refractivity contribution is 5.32. The Morgan fingerprint density at radius 1 is 1.11 bits per heavy atom. The maximum atomic E-state index is 9.96. The van der Waals surface area contributed by atoms with Gasteiger partial charge in [-0.05, 0) is 36.2 Å². The van der Waals surface area contributed by atoms with Crippen LogP contribution in [0.3, 0.4) is 0 Å². The van der Waals surface area contributed by atoms with Gasteiger partial charge in [-0.15, -0.1) is 0 Å². The van der Waals surface area contributed by atoms with E-state index in [2.05, 4.69) is 0 Å². The first-order valence-corrected chi connectivity index (χ1v) is 5.82. The van der Waals surface area contributed by atoms with Gasteiger partial charge < -0.3 is 14.9 Å². The van der Waals surface area contributed by atoms with Gasteiger partial charge in [0, 0.05) is 0 Å². The standard InChI is InChI=1S/C15H16O3/c1-11-5-2-3-8-15(11)18-10-14(17)12-6-4-7-13(16)9-12/h2-9,14,16-17H,10H2,1H3. The Hall–Kier alpha value is -2.00. The average Bonchev–Trinajstić information content (AvgIpc) is 2.37. The van der Waals surface area contributed by atoms with Crippen molar-refractivity contribution in [3.63, 3.8) is 0 Å². The third-order valence-corrected chi connectivity index (χ3v) is 2.75. The molecule has 0 aromatic heterocycles. The highest BCUT2D eigenvalue weighted by Crippen LogP contribution is 2.21. The van der Waals surface area contributed by atoms with Crippen LogP contribution in [0.5, 0.6) is 11.5 Å². The second-order valence-electron chi connectivity index (χ2n) is 4.19. The van der Waals surface area contributed by atoms with Gasteiger partial charge in [-0.2, -0.15) is 0 Å². The van der Waals surface area contributed by atoms with E-state index in [0.29, 0.717) is 5.56 Å². The molecular formula is C15H16O3. The third kappa shape index (κ3) is 3.02. The van der Waals surface area contributed by atoms with Crippen LogP contribution in [0, 0.1) is 6.92 Å². The predicted octanol–water partition coefficient (Wildman–Crippen LogP) is 2.81. The molecule has 2 rings (SSSR count). The predicted molar refractivity (Wildman–Crippen MR) is 69.7 cm³/mol. The molecule has 0 saturated carbocycles. The van der Waals surface area contributed by atoms with E-state index >= 15 is 0 Å². The number of aromatic hydroxyl groups is 1. The van der Waals surface area contributed by atoms with Gasteiger partial charge in [0.05, 0.1) is 0 Å². The first-order valence-electron chi connectivity index (χ1n) is 5.82. The Balaban J connectivity index is 2.00. The van der Waals surface area contributed by atoms with E-state index in [9.17, 15) is 10.2 Å². The Morgan fingerprint density at radius 3 is 2.61 bits per heavy atom. The second-order valence-corrected chi connectivity index (χ2v) is 4.19. The molecule has 0 heterocycles. The fraction of sp³-hybridized carbons (Fsp3) is 0.200. The zero-order valence-electron chi connectivity index (χ0n) is 10.2. The minimum Gasteiger partial charge on any atom is -0.508 e. The molecule has 2 aromatic rings. The topological polar surface area (TPSA) is 49.7 Å². The maximum absolute atomic E-state index is 9.96. The molecule has 1 unspecified atom stereocenters. The van der Waals surface area contributed by atoms with E-state index in [1.54, 1.807) is 18.2 Å². The summed E-state index contributed by atoms with van der Waals surface area (Å²) in [5.74, 6) is 0.902. The summed E-state index contributed by atoms with van der Waals surface area (Å²) in [5.41, 5.74) is 1.67. The molecule has 0 amide bonds. The summed E-state index contributed by atoms with van der Waals surface area (Å²) in [6.45, 7) is 2.12. The van der Waals surface area contributed by atoms with Crippen LogP contribution in [0.1, 0.15) is 17.2 Å². The number of phenolic OH excluding ortho intramolecular Hbond substituents is 1. The fourth-order valence-corrected chi connectivity index (χ4v) is 1.72. The van der Waals surface area contributed by atoms with Crippen LogP contribution in [-0.4, -0.2) is 16.8 Å². The lowest BCUT2D eigenvalue weighted by Crippen LogP contribution is -2.10. The molecule has 3 heteroatoms. The van der Waals surface area contributed by atoms with Crippen LogP contribution in [0.2, 0.25) is 0 Å². The van der Waals surface area contributed by atoms with E-state index in [0.717, 1.165) is 11.3 Å². The summed E-state index contributed by atoms with van der Waals surface area (Å²) in [6, 6.07) is 14.2. The van der Waals surface area contributed by atoms with Crippen molar-refractivity contribution >= 4 is 0 Å². The van der Waals surface area contributed by atoms with Gasteiger partial charge in [0.25, 0.3) is 0 Å². The van der Waals surface area contributed by atoms with Gasteiger partial charge in [-0.1, -0.05) is 30.3 Å². The number of aliphatic hydroxyl groups is 1. The van der Waals surface area contributed by atoms with Crippen LogP contribution in [-0.2, 0) is 0 Å². The van der Waals surface area contributed by atoms with Crippen molar-refractivity contribution in [2.45, 2.75) is 13.0 Å². The number of phenols is 1. The van der Waals surface area contributed by atoms with Gasteiger partial charge in [0.2, 0.25) is 0 Å². The Morgan fingerprint density at radius 2 is 1.89 bits per heavy atom. The van der Waals surface area contributed by atoms with Crippen molar-refractivity contribution in [1.82, 2.24) is 0 Å². The average molecular weight is 244 g/mol. The molecule has 18 heavy (non-hydrogen) atoms. The van der Waals surface area contributed by atoms with Crippen LogP contribution in [0.15, 0.2) is 48.5 Å². The van der Waals surface area contributed by atoms with Gasteiger partial charge in [0.15, 0.2) is 0 Å². The molecule has 0 aliphatic heterocycles. The van der Waals surface area contributed by atoms with Crippen molar-refractivity contribution < 1.29 is 14.9 Å². The zero-order chi connectivity index (χ0) is 13.0. The molecule has 94 valence electrons. The first kappa shape index (κ1) is 12.5. The summed E-state index contributed by atoms with van der Waals surface area (Å²) in [5, 5.41) is 19.3. The van der Waals surface area contributed by atoms with Gasteiger partial charge in [-0.25, -0.2) is 0 Å². The Bertz CT molecular complexity index is 523. The van der Waals surface area contributed by atoms with Crippen molar-refractivity contribution in [3.8, 4) is 11.5 Å². The van der Waals surface area contributed by atoms with Crippen molar-refractivity contribution in [3.05, 3.63) is 59.7 Å². The van der Waals surface area contributed by atoms with Gasteiger partial charge in [-0.3, -0.25) is 0 Å². The lowest BCUT2D eigenvalue weighted by atomic mass is 10.1. The Kier molecular flexibility index (Phi) is 3.85. The lowest BCUT2D eigenvalue weighted by molar-refractivity contribution is 0.107. The van der Waals surface area contributed by atoms with Crippen LogP contribution < -0.4 is 4.74 Å². The molecule has 3 nitrogen and oxygen atoms in total. The van der Waals surface area contributed by atoms with Crippen molar-refractivity contribution in [2.24, 2.45) is 0 Å². The SMILES string of the molecule is Cc1ccccc1OCC(O)c1cccc(O)c1. The molecule has 0 bridgehead atoms. The second kappa shape index (κ2) is 5.56. The van der Waals surface area contributed by atoms with Crippen molar-refractivity contribution in [1.29, 1.82) is 0 Å². The molecule has 2 N–H and O–H groups in total. The van der Waals surface area contributed by atoms with E-state index < -0.39 is 6.10 Å². The number of aliphatic hydroxyl groups excluding tert-OH is 1. The van der Waals surface area contributed by atoms with Crippen molar-refractivity contribution in [2.75, 3.05) is 6.61 Å². The van der Waals surface area contributed by atoms with Crippen LogP contribution in [0.25, 0.3) is 0 Å². The molecule has 0 fully saturated rings. The number of hydrogen-bond acceptors (Lipinski definition) is 3. The first-order chi connectivity index (χ1) is 8.66. The summed E-state index contributed by atoms with van der Waals surface area (Å²) >= 11 is 0. The quantitative estimate of drug-likeness (QED) is 0.869. The third-order valence-electron chi connectivity index (χ3n) is 2.75. The maximum Gasteiger partial charge on any atom is 0.122 e. The lowest BCUT2D eigenvalue weighted by Gasteiger charge is -2.14. The molecule has 0 radical (unpaired) electrons. The molecule has 1 atom stereocenters. The smallest absolute Gasteiger partial charge is 0.122 e. The normalized spacial score (nSPS) is 12.1. The number of ether oxygens (including phenoxy) is 1. The summed E-state index contributed by atoms with van der Waals surface area (Å²) in [7, 11) is 0. The fourth-order valence-electron chi connectivity index (χ4n) is 1.72. The van der Waals surface area contributed by atoms with E-state index in [-0.39, 0.29) is 12.4 Å². The highest BCUT2D eigenvalue weighted by atomic mass is 16.5. The monoisotopic (exact) mass is 244 g/mol. The molecule has 2 aromatic carbocycles. The largest absolute Gasteiger partial charge is 0.508 e. The van der Waals surface area contributed by atoms with Crippen LogP contribution >= 0.6 is 0 Å². The van der Waals surface area contributed by atoms with E-state index in [1.807, 2.05) is 31.2 Å². The zero-order valence-corrected chi connectivity index (χ0v) is 10.2. The number of para-hydroxylation sites is 1. The summed E-state index contributed by atoms with van der Waals surface area (Å²) in [6.07, 6.45) is -0.753. The Labute approximate surface area is 106 Å². The molecule has 0 spiro atoms. The van der Waals surface area contributed by atoms with E-state index in [1.165, 1.54) is 6.07 Å². The molecule has 0 aliphatic carbocycles. The number of rotatable bonds is 4. The minimum absolute atomic E-state index is 0.141. The number of benzene rings is 2. The minimum atomic E-state index is -0.753. The van der Waals surface area contributed by atoms with Crippen LogP contribution in [0.4, 0.5) is 0 Å². The molecular weight excluding hydrogens is 228 g/mol.